The van der Waals surface area contributed by atoms with Gasteiger partial charge in [-0.2, -0.15) is 4.98 Å². The number of phosphoric acid groups is 1. The van der Waals surface area contributed by atoms with Crippen LogP contribution in [0.2, 0.25) is 0 Å². The first-order valence-electron chi connectivity index (χ1n) is 6.59. The van der Waals surface area contributed by atoms with Crippen LogP contribution >= 0.6 is 7.82 Å². The van der Waals surface area contributed by atoms with Crippen molar-refractivity contribution >= 4 is 24.9 Å². The van der Waals surface area contributed by atoms with Gasteiger partial charge >= 0.3 is 7.82 Å². The van der Waals surface area contributed by atoms with Crippen molar-refractivity contribution in [1.29, 1.82) is 0 Å². The number of aliphatic hydroxyl groups excluding tert-OH is 2. The highest BCUT2D eigenvalue weighted by molar-refractivity contribution is 7.46. The number of fused-ring (bicyclic) bond motifs is 1. The minimum absolute atomic E-state index is 0.0411. The summed E-state index contributed by atoms with van der Waals surface area (Å²) in [5.74, 6) is 0.269. The zero-order valence-electron chi connectivity index (χ0n) is 12.7. The van der Waals surface area contributed by atoms with Crippen LogP contribution in [0.25, 0.3) is 11.2 Å². The van der Waals surface area contributed by atoms with Crippen LogP contribution in [-0.2, 0) is 9.09 Å². The minimum Gasteiger partial charge on any atom is -0.388 e. The largest absolute Gasteiger partial charge is 0.469 e. The lowest BCUT2D eigenvalue weighted by Gasteiger charge is -2.17. The van der Waals surface area contributed by atoms with Gasteiger partial charge in [-0.1, -0.05) is 0 Å². The Morgan fingerprint density at radius 3 is 2.58 bits per heavy atom. The number of rotatable bonds is 6. The molecule has 24 heavy (non-hydrogen) atoms. The van der Waals surface area contributed by atoms with E-state index < -0.39 is 32.2 Å². The van der Waals surface area contributed by atoms with E-state index in [1.54, 1.807) is 19.0 Å². The van der Waals surface area contributed by atoms with Gasteiger partial charge in [-0.3, -0.25) is 14.3 Å². The minimum atomic E-state index is -4.79. The molecule has 2 heterocycles. The first kappa shape index (κ1) is 18.4. The molecule has 0 spiro atoms. The van der Waals surface area contributed by atoms with Gasteiger partial charge in [-0.05, 0) is 0 Å². The van der Waals surface area contributed by atoms with Gasteiger partial charge in [-0.25, -0.2) is 14.5 Å². The highest BCUT2D eigenvalue weighted by Crippen LogP contribution is 2.36. The Labute approximate surface area is 135 Å². The highest BCUT2D eigenvalue weighted by Gasteiger charge is 2.25. The molecule has 5 N–H and O–H groups in total. The van der Waals surface area contributed by atoms with Crippen molar-refractivity contribution in [2.75, 3.05) is 25.6 Å². The topological polar surface area (TPSA) is 182 Å². The zero-order chi connectivity index (χ0) is 18.1. The highest BCUT2D eigenvalue weighted by atomic mass is 31.2. The summed E-state index contributed by atoms with van der Waals surface area (Å²) in [6.07, 6.45) is -2.25. The van der Waals surface area contributed by atoms with Crippen LogP contribution in [0.4, 0.5) is 5.95 Å². The van der Waals surface area contributed by atoms with E-state index in [1.165, 1.54) is 0 Å². The number of nitrogens with one attached hydrogen (secondary N) is 1. The van der Waals surface area contributed by atoms with E-state index in [0.717, 1.165) is 6.20 Å². The molecule has 0 aliphatic carbocycles. The van der Waals surface area contributed by atoms with Crippen molar-refractivity contribution in [1.82, 2.24) is 19.9 Å². The summed E-state index contributed by atoms with van der Waals surface area (Å²) in [5.41, 5.74) is -0.875. The average molecular weight is 361 g/mol. The molecule has 0 bridgehead atoms. The number of hydrogen-bond acceptors (Lipinski definition) is 9. The van der Waals surface area contributed by atoms with E-state index in [4.69, 9.17) is 9.79 Å². The van der Waals surface area contributed by atoms with E-state index in [1.807, 2.05) is 0 Å². The van der Waals surface area contributed by atoms with E-state index >= 15 is 0 Å². The number of aliphatic hydroxyl groups is 2. The Balaban J connectivity index is 2.30. The molecule has 0 amide bonds. The summed E-state index contributed by atoms with van der Waals surface area (Å²) in [5, 5.41) is 19.7. The Kier molecular flexibility index (Phi) is 5.28. The van der Waals surface area contributed by atoms with Gasteiger partial charge in [0.2, 0.25) is 5.95 Å². The molecule has 0 aliphatic rings. The molecule has 0 fully saturated rings. The summed E-state index contributed by atoms with van der Waals surface area (Å²) < 4.78 is 14.7. The molecule has 2 rings (SSSR count). The fourth-order valence-corrected chi connectivity index (χ4v) is 2.08. The number of anilines is 1. The molecule has 12 nitrogen and oxygen atoms in total. The SMILES string of the molecule is CN(C)c1nc2ncc([C@H](O)[C@@H](O)COP(=O)(O)O)nc2c(=O)[nH]1. The lowest BCUT2D eigenvalue weighted by atomic mass is 10.1. The Hall–Kier alpha value is -1.95. The number of aromatic nitrogens is 4. The molecule has 0 radical (unpaired) electrons. The van der Waals surface area contributed by atoms with E-state index in [2.05, 4.69) is 24.5 Å². The van der Waals surface area contributed by atoms with Crippen molar-refractivity contribution < 1.29 is 29.1 Å². The van der Waals surface area contributed by atoms with E-state index in [9.17, 15) is 19.6 Å². The summed E-state index contributed by atoms with van der Waals surface area (Å²) in [6.45, 7) is -0.834. The predicted molar refractivity (Wildman–Crippen MR) is 81.2 cm³/mol. The monoisotopic (exact) mass is 361 g/mol. The molecule has 132 valence electrons. The fourth-order valence-electron chi connectivity index (χ4n) is 1.74. The van der Waals surface area contributed by atoms with Crippen molar-refractivity contribution in [3.63, 3.8) is 0 Å². The van der Waals surface area contributed by atoms with Crippen LogP contribution in [0.1, 0.15) is 11.8 Å². The second-order valence-corrected chi connectivity index (χ2v) is 6.29. The third kappa shape index (κ3) is 4.32. The third-order valence-electron chi connectivity index (χ3n) is 2.93. The van der Waals surface area contributed by atoms with Crippen molar-refractivity contribution in [2.45, 2.75) is 12.2 Å². The average Bonchev–Trinajstić information content (AvgIpc) is 2.50. The van der Waals surface area contributed by atoms with Crippen LogP contribution in [0.5, 0.6) is 0 Å². The second kappa shape index (κ2) is 6.89. The van der Waals surface area contributed by atoms with Gasteiger partial charge in [0.1, 0.15) is 12.2 Å². The summed E-state index contributed by atoms with van der Waals surface area (Å²) >= 11 is 0. The summed E-state index contributed by atoms with van der Waals surface area (Å²) in [4.78, 5) is 45.1. The van der Waals surface area contributed by atoms with Crippen LogP contribution in [0, 0.1) is 0 Å². The fraction of sp³-hybridized carbons (Fsp3) is 0.455. The molecular weight excluding hydrogens is 345 g/mol. The quantitative estimate of drug-likeness (QED) is 0.369. The smallest absolute Gasteiger partial charge is 0.388 e. The first-order chi connectivity index (χ1) is 11.1. The molecule has 2 aromatic rings. The molecule has 0 saturated carbocycles. The van der Waals surface area contributed by atoms with Gasteiger partial charge in [-0.15, -0.1) is 0 Å². The predicted octanol–water partition coefficient (Wildman–Crippen LogP) is -1.72. The van der Waals surface area contributed by atoms with Gasteiger partial charge < -0.3 is 24.9 Å². The maximum Gasteiger partial charge on any atom is 0.469 e. The van der Waals surface area contributed by atoms with Crippen molar-refractivity contribution in [3.8, 4) is 0 Å². The van der Waals surface area contributed by atoms with E-state index in [-0.39, 0.29) is 22.8 Å². The zero-order valence-corrected chi connectivity index (χ0v) is 13.6. The molecule has 13 heteroatoms. The number of hydrogen-bond donors (Lipinski definition) is 5. The van der Waals surface area contributed by atoms with Gasteiger partial charge in [0, 0.05) is 14.1 Å². The maximum absolute atomic E-state index is 12.0. The van der Waals surface area contributed by atoms with E-state index in [0.29, 0.717) is 0 Å². The summed E-state index contributed by atoms with van der Waals surface area (Å²) in [7, 11) is -1.44. The van der Waals surface area contributed by atoms with Crippen molar-refractivity contribution in [3.05, 3.63) is 22.2 Å². The second-order valence-electron chi connectivity index (χ2n) is 5.05. The van der Waals surface area contributed by atoms with Crippen LogP contribution in [-0.4, -0.2) is 66.7 Å². The lowest BCUT2D eigenvalue weighted by Crippen LogP contribution is -2.25. The molecule has 0 unspecified atom stereocenters. The molecule has 2 aromatic heterocycles. The third-order valence-corrected chi connectivity index (χ3v) is 3.41. The Morgan fingerprint density at radius 1 is 1.33 bits per heavy atom. The normalized spacial score (nSPS) is 14.6. The molecule has 0 aliphatic heterocycles. The number of nitrogens with zero attached hydrogens (tertiary/aromatic N) is 4. The maximum atomic E-state index is 12.0. The number of phosphoric ester groups is 1. The van der Waals surface area contributed by atoms with Gasteiger partial charge in [0.05, 0.1) is 18.5 Å². The Bertz CT molecular complexity index is 835. The van der Waals surface area contributed by atoms with Crippen LogP contribution in [0.3, 0.4) is 0 Å². The van der Waals surface area contributed by atoms with Crippen LogP contribution < -0.4 is 10.5 Å². The van der Waals surface area contributed by atoms with Gasteiger partial charge in [0.15, 0.2) is 11.2 Å². The van der Waals surface area contributed by atoms with Crippen LogP contribution in [0.15, 0.2) is 11.0 Å². The summed E-state index contributed by atoms with van der Waals surface area (Å²) in [6, 6.07) is 0. The van der Waals surface area contributed by atoms with Gasteiger partial charge in [0.25, 0.3) is 5.56 Å². The molecular formula is C11H16N5O7P. The molecule has 2 atom stereocenters. The number of H-pyrrole nitrogens is 1. The number of aromatic amines is 1. The molecule has 0 saturated heterocycles. The Morgan fingerprint density at radius 2 is 2.00 bits per heavy atom. The lowest BCUT2D eigenvalue weighted by molar-refractivity contribution is -0.0170. The standard InChI is InChI=1S/C11H16N5O7P/c1-16(2)11-14-9-7(10(19)15-11)13-5(3-12-9)8(18)6(17)4-23-24(20,21)22/h3,6,8,17-18H,4H2,1-2H3,(H2,20,21,22)(H,12,14,15,19)/t6-,8-/m0/s1. The molecule has 0 aromatic carbocycles. The first-order valence-corrected chi connectivity index (χ1v) is 8.12. The van der Waals surface area contributed by atoms with Crippen molar-refractivity contribution in [2.24, 2.45) is 0 Å².